The van der Waals surface area contributed by atoms with Gasteiger partial charge >= 0.3 is 0 Å². The Morgan fingerprint density at radius 2 is 1.83 bits per heavy atom. The summed E-state index contributed by atoms with van der Waals surface area (Å²) in [5.74, 6) is 0.985. The Morgan fingerprint density at radius 3 is 2.56 bits per heavy atom. The van der Waals surface area contributed by atoms with Crippen LogP contribution in [0.4, 0.5) is 11.5 Å². The molecule has 0 atom stereocenters. The number of nitrogens with zero attached hydrogens (tertiary/aromatic N) is 6. The molecule has 0 radical (unpaired) electrons. The molecule has 2 N–H and O–H groups in total. The third-order valence-corrected chi connectivity index (χ3v) is 6.04. The molecule has 4 aromatic rings. The highest BCUT2D eigenvalue weighted by atomic mass is 16.5. The Morgan fingerprint density at radius 1 is 1.08 bits per heavy atom. The number of methoxy groups -OCH3 is 1. The Hall–Kier alpha value is -4.24. The van der Waals surface area contributed by atoms with Crippen LogP contribution in [-0.4, -0.2) is 65.4 Å². The van der Waals surface area contributed by atoms with Gasteiger partial charge in [0, 0.05) is 30.9 Å². The number of aryl methyl sites for hydroxylation is 2. The summed E-state index contributed by atoms with van der Waals surface area (Å²) in [6.45, 7) is 4.64. The molecule has 0 saturated heterocycles. The van der Waals surface area contributed by atoms with Crippen LogP contribution in [-0.2, 0) is 4.79 Å². The molecule has 0 saturated carbocycles. The molecule has 36 heavy (non-hydrogen) atoms. The van der Waals surface area contributed by atoms with E-state index in [0.29, 0.717) is 29.1 Å². The van der Waals surface area contributed by atoms with E-state index >= 15 is 0 Å². The largest absolute Gasteiger partial charge is 0.496 e. The maximum absolute atomic E-state index is 12.8. The molecule has 0 unspecified atom stereocenters. The highest BCUT2D eigenvalue weighted by Gasteiger charge is 2.20. The van der Waals surface area contributed by atoms with E-state index in [1.807, 2.05) is 75.3 Å². The number of carbonyl (C=O) groups excluding carboxylic acids is 1. The number of fused-ring (bicyclic) bond motifs is 1. The smallest absolute Gasteiger partial charge is 0.250 e. The molecule has 1 amide bonds. The second-order valence-corrected chi connectivity index (χ2v) is 8.93. The van der Waals surface area contributed by atoms with Crippen molar-refractivity contribution < 1.29 is 9.53 Å². The van der Waals surface area contributed by atoms with Crippen molar-refractivity contribution in [3.05, 3.63) is 66.0 Å². The SMILES string of the molecule is COc1cc(-c2nn(-c3ccc(C)c(N(C)C(=O)C=CCN(C)C)c3)c3ncnc(N)c23)ccc1C. The fraction of sp³-hybridized carbons (Fsp3) is 0.259. The quantitative estimate of drug-likeness (QED) is 0.398. The first-order valence-electron chi connectivity index (χ1n) is 11.6. The first-order valence-corrected chi connectivity index (χ1v) is 11.6. The van der Waals surface area contributed by atoms with E-state index in [9.17, 15) is 4.79 Å². The van der Waals surface area contributed by atoms with Crippen LogP contribution in [0.15, 0.2) is 54.9 Å². The maximum atomic E-state index is 12.8. The average molecular weight is 486 g/mol. The molecule has 4 rings (SSSR count). The number of hydrogen-bond acceptors (Lipinski definition) is 7. The van der Waals surface area contributed by atoms with Crippen molar-refractivity contribution in [2.75, 3.05) is 45.4 Å². The summed E-state index contributed by atoms with van der Waals surface area (Å²) in [5, 5.41) is 5.55. The van der Waals surface area contributed by atoms with Crippen molar-refractivity contribution in [2.45, 2.75) is 13.8 Å². The van der Waals surface area contributed by atoms with Crippen LogP contribution in [0.5, 0.6) is 5.75 Å². The van der Waals surface area contributed by atoms with Crippen molar-refractivity contribution in [2.24, 2.45) is 0 Å². The zero-order valence-corrected chi connectivity index (χ0v) is 21.5. The first-order chi connectivity index (χ1) is 17.2. The summed E-state index contributed by atoms with van der Waals surface area (Å²) in [4.78, 5) is 25.1. The van der Waals surface area contributed by atoms with E-state index in [1.165, 1.54) is 6.33 Å². The Balaban J connectivity index is 1.82. The van der Waals surface area contributed by atoms with E-state index in [2.05, 4.69) is 9.97 Å². The van der Waals surface area contributed by atoms with Gasteiger partial charge in [-0.25, -0.2) is 14.6 Å². The summed E-state index contributed by atoms with van der Waals surface area (Å²) >= 11 is 0. The lowest BCUT2D eigenvalue weighted by molar-refractivity contribution is -0.113. The summed E-state index contributed by atoms with van der Waals surface area (Å²) < 4.78 is 7.25. The van der Waals surface area contributed by atoms with Crippen molar-refractivity contribution in [3.63, 3.8) is 0 Å². The lowest BCUT2D eigenvalue weighted by Gasteiger charge is -2.19. The van der Waals surface area contributed by atoms with E-state index < -0.39 is 0 Å². The molecule has 0 aliphatic rings. The minimum atomic E-state index is -0.110. The lowest BCUT2D eigenvalue weighted by atomic mass is 10.1. The van der Waals surface area contributed by atoms with Crippen LogP contribution >= 0.6 is 0 Å². The van der Waals surface area contributed by atoms with Crippen molar-refractivity contribution >= 4 is 28.4 Å². The highest BCUT2D eigenvalue weighted by Crippen LogP contribution is 2.35. The van der Waals surface area contributed by atoms with Gasteiger partial charge in [0.05, 0.1) is 18.2 Å². The monoisotopic (exact) mass is 485 g/mol. The highest BCUT2D eigenvalue weighted by molar-refractivity contribution is 6.02. The van der Waals surface area contributed by atoms with Crippen LogP contribution in [0.3, 0.4) is 0 Å². The number of benzene rings is 2. The molecule has 186 valence electrons. The third kappa shape index (κ3) is 4.78. The van der Waals surface area contributed by atoms with Gasteiger partial charge in [-0.1, -0.05) is 24.3 Å². The van der Waals surface area contributed by atoms with E-state index in [1.54, 1.807) is 29.8 Å². The number of rotatable bonds is 7. The van der Waals surface area contributed by atoms with Gasteiger partial charge in [0.1, 0.15) is 23.6 Å². The van der Waals surface area contributed by atoms with Gasteiger partial charge in [-0.3, -0.25) is 4.79 Å². The summed E-state index contributed by atoms with van der Waals surface area (Å²) in [6.07, 6.45) is 4.86. The van der Waals surface area contributed by atoms with Gasteiger partial charge in [0.15, 0.2) is 5.65 Å². The van der Waals surface area contributed by atoms with Gasteiger partial charge in [0.25, 0.3) is 0 Å². The Labute approximate surface area is 210 Å². The molecule has 0 spiro atoms. The van der Waals surface area contributed by atoms with Crippen LogP contribution in [0.25, 0.3) is 28.0 Å². The predicted octanol–water partition coefficient (Wildman–Crippen LogP) is 3.77. The summed E-state index contributed by atoms with van der Waals surface area (Å²) in [6, 6.07) is 11.7. The number of nitrogen functional groups attached to an aromatic ring is 1. The topological polar surface area (TPSA) is 102 Å². The molecule has 0 bridgehead atoms. The predicted molar refractivity (Wildman–Crippen MR) is 144 cm³/mol. The normalized spacial score (nSPS) is 11.5. The van der Waals surface area contributed by atoms with Gasteiger partial charge in [0.2, 0.25) is 5.91 Å². The van der Waals surface area contributed by atoms with Crippen LogP contribution in [0.1, 0.15) is 11.1 Å². The third-order valence-electron chi connectivity index (χ3n) is 6.04. The van der Waals surface area contributed by atoms with Crippen LogP contribution in [0, 0.1) is 13.8 Å². The molecule has 2 heterocycles. The summed E-state index contributed by atoms with van der Waals surface area (Å²) in [5.41, 5.74) is 11.9. The second kappa shape index (κ2) is 10.2. The molecular weight excluding hydrogens is 454 g/mol. The van der Waals surface area contributed by atoms with E-state index in [4.69, 9.17) is 15.6 Å². The molecule has 2 aromatic carbocycles. The number of anilines is 2. The number of likely N-dealkylation sites (N-methyl/N-ethyl adjacent to an activating group) is 2. The number of nitrogens with two attached hydrogens (primary N) is 1. The number of amides is 1. The molecule has 2 aromatic heterocycles. The van der Waals surface area contributed by atoms with Gasteiger partial charge in [-0.2, -0.15) is 5.10 Å². The van der Waals surface area contributed by atoms with Crippen molar-refractivity contribution in [3.8, 4) is 22.7 Å². The summed E-state index contributed by atoms with van der Waals surface area (Å²) in [7, 11) is 7.32. The van der Waals surface area contributed by atoms with E-state index in [0.717, 1.165) is 33.8 Å². The molecular formula is C27H31N7O2. The molecule has 0 fully saturated rings. The number of carbonyl (C=O) groups is 1. The first kappa shape index (κ1) is 24.9. The molecule has 0 aliphatic heterocycles. The number of aromatic nitrogens is 4. The van der Waals surface area contributed by atoms with Crippen LogP contribution < -0.4 is 15.4 Å². The zero-order valence-electron chi connectivity index (χ0n) is 21.5. The number of ether oxygens (including phenoxy) is 1. The lowest BCUT2D eigenvalue weighted by Crippen LogP contribution is -2.25. The van der Waals surface area contributed by atoms with Gasteiger partial charge in [-0.15, -0.1) is 0 Å². The minimum absolute atomic E-state index is 0.110. The fourth-order valence-electron chi connectivity index (χ4n) is 4.01. The van der Waals surface area contributed by atoms with Crippen molar-refractivity contribution in [1.82, 2.24) is 24.6 Å². The minimum Gasteiger partial charge on any atom is -0.496 e. The van der Waals surface area contributed by atoms with E-state index in [-0.39, 0.29) is 5.91 Å². The molecule has 9 heteroatoms. The fourth-order valence-corrected chi connectivity index (χ4v) is 4.01. The molecule has 9 nitrogen and oxygen atoms in total. The van der Waals surface area contributed by atoms with Gasteiger partial charge < -0.3 is 20.3 Å². The standard InChI is InChI=1S/C27H31N7O2/c1-17-10-12-20(15-21(17)33(5)23(35)8-7-13-32(3)4)34-27-24(26(28)29-16-30-27)25(31-34)19-11-9-18(2)22(14-19)36-6/h7-12,14-16H,13H2,1-6H3,(H2,28,29,30). The second-order valence-electron chi connectivity index (χ2n) is 8.93. The zero-order chi connectivity index (χ0) is 26.0. The van der Waals surface area contributed by atoms with Crippen LogP contribution in [0.2, 0.25) is 0 Å². The average Bonchev–Trinajstić information content (AvgIpc) is 3.25. The van der Waals surface area contributed by atoms with Crippen molar-refractivity contribution in [1.29, 1.82) is 0 Å². The number of hydrogen-bond donors (Lipinski definition) is 1. The molecule has 0 aliphatic carbocycles. The Bertz CT molecular complexity index is 1460. The Kier molecular flexibility index (Phi) is 7.03. The maximum Gasteiger partial charge on any atom is 0.250 e. The van der Waals surface area contributed by atoms with Gasteiger partial charge in [-0.05, 0) is 57.3 Å².